The van der Waals surface area contributed by atoms with Gasteiger partial charge in [0.1, 0.15) is 10.8 Å². The predicted octanol–water partition coefficient (Wildman–Crippen LogP) is 3.23. The molecule has 0 bridgehead atoms. The molecule has 0 spiro atoms. The van der Waals surface area contributed by atoms with Gasteiger partial charge in [-0.05, 0) is 29.5 Å². The fourth-order valence-corrected chi connectivity index (χ4v) is 1.88. The molecule has 0 N–H and O–H groups in total. The number of hydrogen-bond donors (Lipinski definition) is 0. The number of alkyl halides is 2. The van der Waals surface area contributed by atoms with Crippen LogP contribution in [0.1, 0.15) is 17.8 Å². The highest BCUT2D eigenvalue weighted by Crippen LogP contribution is 2.24. The van der Waals surface area contributed by atoms with E-state index in [9.17, 15) is 8.78 Å². The summed E-state index contributed by atoms with van der Waals surface area (Å²) in [4.78, 5) is 3.81. The molecule has 0 aromatic carbocycles. The van der Waals surface area contributed by atoms with Crippen molar-refractivity contribution in [2.24, 2.45) is 0 Å². The van der Waals surface area contributed by atoms with Crippen molar-refractivity contribution >= 4 is 39.8 Å². The van der Waals surface area contributed by atoms with Gasteiger partial charge in [0.15, 0.2) is 5.65 Å². The van der Waals surface area contributed by atoms with Crippen LogP contribution in [0.2, 0.25) is 5.15 Å². The zero-order valence-corrected chi connectivity index (χ0v) is 10.4. The SMILES string of the molecule is Cc1nn2c(Cl)cc(C(F)F)nc2c1I. The van der Waals surface area contributed by atoms with E-state index in [-0.39, 0.29) is 10.8 Å². The van der Waals surface area contributed by atoms with E-state index in [1.165, 1.54) is 4.52 Å². The van der Waals surface area contributed by atoms with Gasteiger partial charge in [-0.25, -0.2) is 18.3 Å². The average molecular weight is 344 g/mol. The first-order chi connectivity index (χ1) is 7.00. The Morgan fingerprint density at radius 2 is 2.20 bits per heavy atom. The largest absolute Gasteiger partial charge is 0.280 e. The minimum Gasteiger partial charge on any atom is -0.226 e. The highest BCUT2D eigenvalue weighted by atomic mass is 127. The molecule has 0 aliphatic heterocycles. The van der Waals surface area contributed by atoms with Gasteiger partial charge in [-0.15, -0.1) is 0 Å². The van der Waals surface area contributed by atoms with Crippen LogP contribution in [0.5, 0.6) is 0 Å². The Morgan fingerprint density at radius 3 is 2.80 bits per heavy atom. The Kier molecular flexibility index (Phi) is 2.80. The summed E-state index contributed by atoms with van der Waals surface area (Å²) in [5.74, 6) is 0. The topological polar surface area (TPSA) is 30.2 Å². The maximum absolute atomic E-state index is 12.5. The molecule has 0 aliphatic rings. The summed E-state index contributed by atoms with van der Waals surface area (Å²) in [5, 5.41) is 4.22. The summed E-state index contributed by atoms with van der Waals surface area (Å²) in [6.45, 7) is 1.77. The predicted molar refractivity (Wildman–Crippen MR) is 60.4 cm³/mol. The van der Waals surface area contributed by atoms with Crippen LogP contribution in [0.3, 0.4) is 0 Å². The average Bonchev–Trinajstić information content (AvgIpc) is 2.45. The van der Waals surface area contributed by atoms with Gasteiger partial charge in [-0.1, -0.05) is 11.6 Å². The Bertz CT molecular complexity index is 526. The molecular formula is C8H5ClF2IN3. The van der Waals surface area contributed by atoms with Crippen LogP contribution >= 0.6 is 34.2 Å². The molecule has 0 radical (unpaired) electrons. The lowest BCUT2D eigenvalue weighted by Gasteiger charge is -2.01. The Morgan fingerprint density at radius 1 is 1.53 bits per heavy atom. The van der Waals surface area contributed by atoms with E-state index >= 15 is 0 Å². The molecular weight excluding hydrogens is 338 g/mol. The van der Waals surface area contributed by atoms with Gasteiger partial charge in [0.2, 0.25) is 0 Å². The summed E-state index contributed by atoms with van der Waals surface area (Å²) in [6.07, 6.45) is -2.63. The molecule has 80 valence electrons. The Hall–Kier alpha value is -0.500. The van der Waals surface area contributed by atoms with Crippen LogP contribution in [-0.4, -0.2) is 14.6 Å². The Labute approximate surface area is 103 Å². The second-order valence-corrected chi connectivity index (χ2v) is 4.41. The van der Waals surface area contributed by atoms with E-state index in [4.69, 9.17) is 11.6 Å². The van der Waals surface area contributed by atoms with Crippen molar-refractivity contribution in [3.63, 3.8) is 0 Å². The number of aryl methyl sites for hydroxylation is 1. The van der Waals surface area contributed by atoms with Crippen molar-refractivity contribution in [1.29, 1.82) is 0 Å². The lowest BCUT2D eigenvalue weighted by Crippen LogP contribution is -1.98. The first-order valence-electron chi connectivity index (χ1n) is 4.00. The maximum atomic E-state index is 12.5. The van der Waals surface area contributed by atoms with Crippen molar-refractivity contribution in [3.8, 4) is 0 Å². The monoisotopic (exact) mass is 343 g/mol. The fourth-order valence-electron chi connectivity index (χ4n) is 1.19. The number of aromatic nitrogens is 3. The van der Waals surface area contributed by atoms with Gasteiger partial charge in [0, 0.05) is 6.07 Å². The third-order valence-electron chi connectivity index (χ3n) is 1.89. The lowest BCUT2D eigenvalue weighted by atomic mass is 10.4. The molecule has 0 saturated heterocycles. The van der Waals surface area contributed by atoms with Crippen LogP contribution in [-0.2, 0) is 0 Å². The molecule has 2 aromatic rings. The molecule has 0 unspecified atom stereocenters. The molecule has 2 heterocycles. The summed E-state index contributed by atoms with van der Waals surface area (Å²) in [7, 11) is 0. The molecule has 7 heteroatoms. The minimum absolute atomic E-state index is 0.140. The van der Waals surface area contributed by atoms with Crippen molar-refractivity contribution in [2.45, 2.75) is 13.3 Å². The van der Waals surface area contributed by atoms with E-state index in [2.05, 4.69) is 10.1 Å². The van der Waals surface area contributed by atoms with Crippen molar-refractivity contribution < 1.29 is 8.78 Å². The third-order valence-corrected chi connectivity index (χ3v) is 3.42. The normalized spacial score (nSPS) is 11.6. The van der Waals surface area contributed by atoms with E-state index in [0.717, 1.165) is 15.3 Å². The Balaban J connectivity index is 2.79. The van der Waals surface area contributed by atoms with Crippen LogP contribution in [0.4, 0.5) is 8.78 Å². The first-order valence-corrected chi connectivity index (χ1v) is 5.46. The van der Waals surface area contributed by atoms with Crippen LogP contribution < -0.4 is 0 Å². The van der Waals surface area contributed by atoms with Crippen molar-refractivity contribution in [1.82, 2.24) is 14.6 Å². The van der Waals surface area contributed by atoms with Gasteiger partial charge in [-0.3, -0.25) is 0 Å². The number of nitrogens with zero attached hydrogens (tertiary/aromatic N) is 3. The molecule has 0 aliphatic carbocycles. The van der Waals surface area contributed by atoms with Crippen molar-refractivity contribution in [3.05, 3.63) is 26.2 Å². The molecule has 3 nitrogen and oxygen atoms in total. The number of fused-ring (bicyclic) bond motifs is 1. The molecule has 0 atom stereocenters. The fraction of sp³-hybridized carbons (Fsp3) is 0.250. The molecule has 2 aromatic heterocycles. The third kappa shape index (κ3) is 1.80. The second kappa shape index (κ2) is 3.82. The van der Waals surface area contributed by atoms with Gasteiger partial charge >= 0.3 is 0 Å². The van der Waals surface area contributed by atoms with Gasteiger partial charge in [0.05, 0.1) is 9.26 Å². The highest BCUT2D eigenvalue weighted by Gasteiger charge is 2.16. The van der Waals surface area contributed by atoms with E-state index in [0.29, 0.717) is 5.65 Å². The smallest absolute Gasteiger partial charge is 0.226 e. The lowest BCUT2D eigenvalue weighted by molar-refractivity contribution is 0.146. The van der Waals surface area contributed by atoms with Gasteiger partial charge in [0.25, 0.3) is 6.43 Å². The zero-order valence-electron chi connectivity index (χ0n) is 7.51. The maximum Gasteiger partial charge on any atom is 0.280 e. The molecule has 0 amide bonds. The molecule has 2 rings (SSSR count). The van der Waals surface area contributed by atoms with Gasteiger partial charge < -0.3 is 0 Å². The summed E-state index contributed by atoms with van der Waals surface area (Å²) in [6, 6.07) is 1.13. The minimum atomic E-state index is -2.63. The summed E-state index contributed by atoms with van der Waals surface area (Å²) in [5.41, 5.74) is 0.762. The van der Waals surface area contributed by atoms with Crippen LogP contribution in [0, 0.1) is 10.5 Å². The summed E-state index contributed by atoms with van der Waals surface area (Å²) < 4.78 is 27.0. The van der Waals surface area contributed by atoms with Gasteiger partial charge in [-0.2, -0.15) is 5.10 Å². The molecule has 0 saturated carbocycles. The van der Waals surface area contributed by atoms with E-state index < -0.39 is 6.43 Å². The summed E-state index contributed by atoms with van der Waals surface area (Å²) >= 11 is 7.82. The van der Waals surface area contributed by atoms with E-state index in [1.807, 2.05) is 22.6 Å². The van der Waals surface area contributed by atoms with E-state index in [1.54, 1.807) is 6.92 Å². The van der Waals surface area contributed by atoms with Crippen LogP contribution in [0.15, 0.2) is 6.07 Å². The second-order valence-electron chi connectivity index (χ2n) is 2.94. The number of hydrogen-bond acceptors (Lipinski definition) is 2. The first kappa shape index (κ1) is 11.0. The standard InChI is InChI=1S/C8H5ClF2IN3/c1-3-6(12)8-13-4(7(10)11)2-5(9)15(8)14-3/h2,7H,1H3. The molecule has 15 heavy (non-hydrogen) atoms. The van der Waals surface area contributed by atoms with Crippen LogP contribution in [0.25, 0.3) is 5.65 Å². The number of rotatable bonds is 1. The highest BCUT2D eigenvalue weighted by molar-refractivity contribution is 14.1. The molecule has 0 fully saturated rings. The van der Waals surface area contributed by atoms with Crippen molar-refractivity contribution in [2.75, 3.05) is 0 Å². The zero-order chi connectivity index (χ0) is 11.2. The number of halogens is 4. The quantitative estimate of drug-likeness (QED) is 0.588.